The van der Waals surface area contributed by atoms with E-state index in [-0.39, 0.29) is 0 Å². The Morgan fingerprint density at radius 3 is 2.54 bits per heavy atom. The van der Waals surface area contributed by atoms with Crippen molar-refractivity contribution in [3.63, 3.8) is 0 Å². The van der Waals surface area contributed by atoms with Gasteiger partial charge in [-0.3, -0.25) is 0 Å². The molecule has 8 unspecified atom stereocenters. The van der Waals surface area contributed by atoms with Crippen LogP contribution in [0.25, 0.3) is 0 Å². The fourth-order valence-corrected chi connectivity index (χ4v) is 9.22. The molecule has 0 amide bonds. The number of allylic oxidation sites excluding steroid dienone is 2. The molecule has 28 heavy (non-hydrogen) atoms. The highest BCUT2D eigenvalue weighted by Gasteiger charge is 2.58. The van der Waals surface area contributed by atoms with E-state index in [1.54, 1.807) is 0 Å². The first-order valence-corrected chi connectivity index (χ1v) is 13.5. The number of rotatable bonds is 5. The van der Waals surface area contributed by atoms with Crippen molar-refractivity contribution < 1.29 is 0 Å². The van der Waals surface area contributed by atoms with Gasteiger partial charge in [-0.15, -0.1) is 0 Å². The third-order valence-electron chi connectivity index (χ3n) is 10.2. The van der Waals surface area contributed by atoms with Crippen LogP contribution < -0.4 is 0 Å². The molecule has 0 aromatic heterocycles. The Morgan fingerprint density at radius 2 is 1.79 bits per heavy atom. The van der Waals surface area contributed by atoms with Gasteiger partial charge in [0, 0.05) is 4.83 Å². The average molecular weight is 450 g/mol. The Morgan fingerprint density at radius 1 is 1.00 bits per heavy atom. The summed E-state index contributed by atoms with van der Waals surface area (Å²) in [7, 11) is 0. The predicted molar refractivity (Wildman–Crippen MR) is 126 cm³/mol. The van der Waals surface area contributed by atoms with Crippen molar-refractivity contribution in [2.75, 3.05) is 0 Å². The largest absolute Gasteiger partial charge is 0.0887 e. The smallest absolute Gasteiger partial charge is 0.0183 e. The maximum atomic E-state index is 3.93. The highest BCUT2D eigenvalue weighted by Crippen LogP contribution is 2.67. The third kappa shape index (κ3) is 3.58. The van der Waals surface area contributed by atoms with Gasteiger partial charge in [-0.05, 0) is 97.7 Å². The number of fused-ring (bicyclic) bond motifs is 5. The van der Waals surface area contributed by atoms with Gasteiger partial charge in [0.05, 0.1) is 0 Å². The second-order valence-corrected chi connectivity index (χ2v) is 13.4. The van der Waals surface area contributed by atoms with Gasteiger partial charge in [0.15, 0.2) is 0 Å². The van der Waals surface area contributed by atoms with Gasteiger partial charge < -0.3 is 0 Å². The molecular weight excluding hydrogens is 404 g/mol. The molecule has 0 nitrogen and oxygen atoms in total. The van der Waals surface area contributed by atoms with E-state index in [1.807, 2.05) is 5.57 Å². The van der Waals surface area contributed by atoms with Crippen molar-refractivity contribution in [1.29, 1.82) is 0 Å². The number of hydrogen-bond acceptors (Lipinski definition) is 0. The van der Waals surface area contributed by atoms with Gasteiger partial charge in [0.1, 0.15) is 0 Å². The Bertz CT molecular complexity index is 591. The third-order valence-corrected chi connectivity index (χ3v) is 11.0. The first kappa shape index (κ1) is 21.5. The topological polar surface area (TPSA) is 0 Å². The van der Waals surface area contributed by atoms with E-state index in [0.29, 0.717) is 10.8 Å². The first-order chi connectivity index (χ1) is 13.3. The minimum atomic E-state index is 0.523. The van der Waals surface area contributed by atoms with Crippen LogP contribution in [0.5, 0.6) is 0 Å². The van der Waals surface area contributed by atoms with Crippen LogP contribution in [0.4, 0.5) is 0 Å². The second kappa shape index (κ2) is 8.05. The molecule has 0 heterocycles. The van der Waals surface area contributed by atoms with Gasteiger partial charge in [-0.1, -0.05) is 81.5 Å². The van der Waals surface area contributed by atoms with Crippen molar-refractivity contribution in [2.45, 2.75) is 110 Å². The monoisotopic (exact) mass is 448 g/mol. The zero-order valence-electron chi connectivity index (χ0n) is 19.3. The Labute approximate surface area is 183 Å². The van der Waals surface area contributed by atoms with Crippen LogP contribution in [-0.4, -0.2) is 4.83 Å². The van der Waals surface area contributed by atoms with Crippen LogP contribution in [0.2, 0.25) is 0 Å². The molecule has 0 saturated heterocycles. The molecular formula is C27H45Br. The number of halogens is 1. The molecule has 0 aliphatic heterocycles. The Kier molecular flexibility index (Phi) is 6.17. The van der Waals surface area contributed by atoms with Crippen LogP contribution in [0, 0.1) is 46.3 Å². The first-order valence-electron chi connectivity index (χ1n) is 12.6. The standard InChI is InChI=1S/C27H45Br/c1-18(2)7-6-8-19(3)23-11-12-24-22-10-9-20-17-21(28)13-15-26(20,4)25(22)14-16-27(23,24)5/h9,18-19,21-25H,6-8,10-17H2,1-5H3. The molecule has 0 N–H and O–H groups in total. The molecule has 1 heteroatoms. The summed E-state index contributed by atoms with van der Waals surface area (Å²) < 4.78 is 0. The molecule has 3 saturated carbocycles. The summed E-state index contributed by atoms with van der Waals surface area (Å²) in [5, 5.41) is 0. The minimum Gasteiger partial charge on any atom is -0.0887 e. The SMILES string of the molecule is CC(C)CCCC(C)C1CCC2C3CC=C4CC(Br)CCC4(C)C3CCC12C. The molecule has 4 aliphatic rings. The lowest BCUT2D eigenvalue weighted by atomic mass is 9.47. The van der Waals surface area contributed by atoms with Crippen molar-refractivity contribution in [3.05, 3.63) is 11.6 Å². The molecule has 0 bridgehead atoms. The molecule has 0 spiro atoms. The maximum Gasteiger partial charge on any atom is 0.0183 e. The van der Waals surface area contributed by atoms with Crippen molar-refractivity contribution in [1.82, 2.24) is 0 Å². The quantitative estimate of drug-likeness (QED) is 0.291. The summed E-state index contributed by atoms with van der Waals surface area (Å²) in [4.78, 5) is 0.736. The van der Waals surface area contributed by atoms with Crippen LogP contribution in [0.1, 0.15) is 105 Å². The normalized spacial score (nSPS) is 46.5. The molecule has 0 aromatic rings. The van der Waals surface area contributed by atoms with Gasteiger partial charge in [-0.25, -0.2) is 0 Å². The Balaban J connectivity index is 1.49. The highest BCUT2D eigenvalue weighted by molar-refractivity contribution is 9.09. The number of hydrogen-bond donors (Lipinski definition) is 0. The fraction of sp³-hybridized carbons (Fsp3) is 0.926. The lowest BCUT2D eigenvalue weighted by Crippen LogP contribution is -2.50. The van der Waals surface area contributed by atoms with Gasteiger partial charge in [0.25, 0.3) is 0 Å². The van der Waals surface area contributed by atoms with E-state index in [2.05, 4.69) is 56.6 Å². The van der Waals surface area contributed by atoms with Gasteiger partial charge in [0.2, 0.25) is 0 Å². The highest BCUT2D eigenvalue weighted by atomic mass is 79.9. The van der Waals surface area contributed by atoms with Gasteiger partial charge >= 0.3 is 0 Å². The minimum absolute atomic E-state index is 0.523. The summed E-state index contributed by atoms with van der Waals surface area (Å²) >= 11 is 3.93. The fourth-order valence-electron chi connectivity index (χ4n) is 8.64. The summed E-state index contributed by atoms with van der Waals surface area (Å²) in [6, 6.07) is 0. The molecule has 0 radical (unpaired) electrons. The molecule has 8 atom stereocenters. The van der Waals surface area contributed by atoms with Crippen molar-refractivity contribution in [2.24, 2.45) is 46.3 Å². The van der Waals surface area contributed by atoms with E-state index in [4.69, 9.17) is 0 Å². The van der Waals surface area contributed by atoms with E-state index < -0.39 is 0 Å². The lowest BCUT2D eigenvalue weighted by Gasteiger charge is -2.58. The summed E-state index contributed by atoms with van der Waals surface area (Å²) in [6.45, 7) is 12.7. The zero-order valence-corrected chi connectivity index (χ0v) is 20.9. The summed E-state index contributed by atoms with van der Waals surface area (Å²) in [6.07, 6.45) is 18.6. The molecule has 0 aromatic carbocycles. The summed E-state index contributed by atoms with van der Waals surface area (Å²) in [5.74, 6) is 5.74. The molecule has 160 valence electrons. The van der Waals surface area contributed by atoms with E-state index >= 15 is 0 Å². The number of alkyl halides is 1. The lowest BCUT2D eigenvalue weighted by molar-refractivity contribution is -0.0496. The zero-order chi connectivity index (χ0) is 20.1. The molecule has 3 fully saturated rings. The average Bonchev–Trinajstić information content (AvgIpc) is 2.99. The van der Waals surface area contributed by atoms with Crippen LogP contribution in [0.15, 0.2) is 11.6 Å². The maximum absolute atomic E-state index is 3.93. The van der Waals surface area contributed by atoms with Crippen molar-refractivity contribution in [3.8, 4) is 0 Å². The van der Waals surface area contributed by atoms with Crippen molar-refractivity contribution >= 4 is 15.9 Å². The van der Waals surface area contributed by atoms with Crippen LogP contribution in [-0.2, 0) is 0 Å². The Hall–Kier alpha value is 0.220. The summed E-state index contributed by atoms with van der Waals surface area (Å²) in [5.41, 5.74) is 2.98. The molecule has 4 rings (SSSR count). The van der Waals surface area contributed by atoms with Crippen LogP contribution in [0.3, 0.4) is 0 Å². The van der Waals surface area contributed by atoms with Crippen LogP contribution >= 0.6 is 15.9 Å². The van der Waals surface area contributed by atoms with E-state index in [9.17, 15) is 0 Å². The predicted octanol–water partition coefficient (Wildman–Crippen LogP) is 8.79. The molecule has 4 aliphatic carbocycles. The van der Waals surface area contributed by atoms with Gasteiger partial charge in [-0.2, -0.15) is 0 Å². The second-order valence-electron chi connectivity index (χ2n) is 12.1. The van der Waals surface area contributed by atoms with E-state index in [0.717, 1.165) is 40.3 Å². The van der Waals surface area contributed by atoms with E-state index in [1.165, 1.54) is 70.6 Å².